The molecule has 3 heterocycles. The zero-order valence-corrected chi connectivity index (χ0v) is 17.6. The largest absolute Gasteiger partial charge is 0.374 e. The SMILES string of the molecule is CC1(C)OC[C@@H](COCc2cn(Cc3ccc(F)cc3F)c3cnc(C(=O)NO)cc23)O1. The number of aromatic nitrogens is 2. The molecule has 0 bridgehead atoms. The molecule has 170 valence electrons. The number of hydroxylamine groups is 1. The second-order valence-electron chi connectivity index (χ2n) is 8.01. The Balaban J connectivity index is 1.60. The van der Waals surface area contributed by atoms with Gasteiger partial charge >= 0.3 is 0 Å². The predicted molar refractivity (Wildman–Crippen MR) is 109 cm³/mol. The van der Waals surface area contributed by atoms with Crippen molar-refractivity contribution < 1.29 is 33.0 Å². The molecular weight excluding hydrogens is 424 g/mol. The molecule has 0 saturated carbocycles. The Morgan fingerprint density at radius 3 is 2.84 bits per heavy atom. The van der Waals surface area contributed by atoms with E-state index < -0.39 is 23.3 Å². The number of carbonyl (C=O) groups is 1. The van der Waals surface area contributed by atoms with E-state index in [1.165, 1.54) is 24.4 Å². The topological polar surface area (TPSA) is 94.8 Å². The lowest BCUT2D eigenvalue weighted by molar-refractivity contribution is -0.145. The molecule has 2 aromatic heterocycles. The fourth-order valence-corrected chi connectivity index (χ4v) is 3.67. The van der Waals surface area contributed by atoms with Gasteiger partial charge in [-0.1, -0.05) is 6.07 Å². The van der Waals surface area contributed by atoms with Crippen LogP contribution in [0.4, 0.5) is 8.78 Å². The van der Waals surface area contributed by atoms with Gasteiger partial charge in [-0.25, -0.2) is 19.2 Å². The zero-order valence-electron chi connectivity index (χ0n) is 17.6. The molecule has 1 aromatic carbocycles. The summed E-state index contributed by atoms with van der Waals surface area (Å²) in [6, 6.07) is 4.93. The van der Waals surface area contributed by atoms with Gasteiger partial charge in [0.25, 0.3) is 5.91 Å². The number of fused-ring (bicyclic) bond motifs is 1. The second kappa shape index (κ2) is 8.91. The number of nitrogens with zero attached hydrogens (tertiary/aromatic N) is 2. The van der Waals surface area contributed by atoms with Gasteiger partial charge in [0.1, 0.15) is 23.4 Å². The molecule has 0 aliphatic carbocycles. The van der Waals surface area contributed by atoms with E-state index in [0.29, 0.717) is 29.7 Å². The first-order chi connectivity index (χ1) is 15.3. The molecule has 0 spiro atoms. The highest BCUT2D eigenvalue weighted by molar-refractivity contribution is 5.96. The van der Waals surface area contributed by atoms with Crippen LogP contribution in [-0.2, 0) is 27.4 Å². The third kappa shape index (κ3) is 4.78. The highest BCUT2D eigenvalue weighted by Crippen LogP contribution is 2.26. The van der Waals surface area contributed by atoms with Crippen LogP contribution in [-0.4, -0.2) is 45.8 Å². The molecule has 10 heteroatoms. The van der Waals surface area contributed by atoms with Crippen molar-refractivity contribution in [3.8, 4) is 0 Å². The minimum absolute atomic E-state index is 0.0150. The van der Waals surface area contributed by atoms with Crippen molar-refractivity contribution in [2.75, 3.05) is 13.2 Å². The van der Waals surface area contributed by atoms with Gasteiger partial charge in [0.05, 0.1) is 38.1 Å². The summed E-state index contributed by atoms with van der Waals surface area (Å²) in [6.45, 7) is 4.70. The van der Waals surface area contributed by atoms with E-state index in [2.05, 4.69) is 4.98 Å². The number of halogens is 2. The van der Waals surface area contributed by atoms with E-state index in [4.69, 9.17) is 19.4 Å². The summed E-state index contributed by atoms with van der Waals surface area (Å²) in [7, 11) is 0. The van der Waals surface area contributed by atoms with Crippen LogP contribution in [0.2, 0.25) is 0 Å². The maximum absolute atomic E-state index is 14.2. The monoisotopic (exact) mass is 447 g/mol. The molecule has 1 fully saturated rings. The summed E-state index contributed by atoms with van der Waals surface area (Å²) in [5, 5.41) is 9.58. The van der Waals surface area contributed by atoms with Gasteiger partial charge in [-0.2, -0.15) is 0 Å². The van der Waals surface area contributed by atoms with Crippen molar-refractivity contribution in [2.45, 2.75) is 38.9 Å². The molecule has 4 rings (SSSR count). The number of rotatable bonds is 7. The van der Waals surface area contributed by atoms with Crippen molar-refractivity contribution in [3.63, 3.8) is 0 Å². The van der Waals surface area contributed by atoms with Crippen molar-refractivity contribution in [2.24, 2.45) is 0 Å². The molecule has 0 unspecified atom stereocenters. The van der Waals surface area contributed by atoms with E-state index in [-0.39, 0.29) is 24.9 Å². The van der Waals surface area contributed by atoms with Gasteiger partial charge in [-0.05, 0) is 26.0 Å². The van der Waals surface area contributed by atoms with Gasteiger partial charge in [0.15, 0.2) is 5.79 Å². The summed E-state index contributed by atoms with van der Waals surface area (Å²) >= 11 is 0. The number of benzene rings is 1. The Morgan fingerprint density at radius 1 is 1.34 bits per heavy atom. The van der Waals surface area contributed by atoms with Gasteiger partial charge in [0.2, 0.25) is 0 Å². The third-order valence-corrected chi connectivity index (χ3v) is 5.17. The molecule has 3 aromatic rings. The van der Waals surface area contributed by atoms with E-state index in [1.807, 2.05) is 13.8 Å². The Kier molecular flexibility index (Phi) is 6.20. The van der Waals surface area contributed by atoms with Crippen molar-refractivity contribution >= 4 is 16.8 Å². The van der Waals surface area contributed by atoms with Gasteiger partial charge in [0, 0.05) is 28.8 Å². The summed E-state index contributed by atoms with van der Waals surface area (Å²) in [4.78, 5) is 15.9. The zero-order chi connectivity index (χ0) is 22.9. The van der Waals surface area contributed by atoms with E-state index in [1.54, 1.807) is 16.2 Å². The highest BCUT2D eigenvalue weighted by atomic mass is 19.1. The fourth-order valence-electron chi connectivity index (χ4n) is 3.67. The van der Waals surface area contributed by atoms with Crippen LogP contribution < -0.4 is 5.48 Å². The van der Waals surface area contributed by atoms with Crippen LogP contribution in [0.1, 0.15) is 35.5 Å². The molecule has 0 radical (unpaired) electrons. The van der Waals surface area contributed by atoms with Gasteiger partial charge in [-0.3, -0.25) is 10.0 Å². The Labute approximate surface area is 182 Å². The standard InChI is InChI=1S/C22H23F2N3O5/c1-22(2)31-12-16(32-22)11-30-10-14-9-27(8-13-3-4-15(23)5-18(13)24)20-7-25-19(6-17(14)20)21(28)26-29/h3-7,9,16,29H,8,10-12H2,1-2H3,(H,26,28)/t16-/m1/s1. The average molecular weight is 447 g/mol. The number of nitrogens with one attached hydrogen (secondary N) is 1. The van der Waals surface area contributed by atoms with Gasteiger partial charge in [-0.15, -0.1) is 0 Å². The molecule has 1 aliphatic heterocycles. The molecular formula is C22H23F2N3O5. The summed E-state index contributed by atoms with van der Waals surface area (Å²) < 4.78 is 46.3. The first kappa shape index (κ1) is 22.3. The van der Waals surface area contributed by atoms with Crippen molar-refractivity contribution in [3.05, 3.63) is 65.1 Å². The smallest absolute Gasteiger partial charge is 0.293 e. The van der Waals surface area contributed by atoms with Crippen LogP contribution in [0.15, 0.2) is 36.7 Å². The Morgan fingerprint density at radius 2 is 2.16 bits per heavy atom. The van der Waals surface area contributed by atoms with Crippen LogP contribution in [0.3, 0.4) is 0 Å². The minimum atomic E-state index is -0.755. The highest BCUT2D eigenvalue weighted by Gasteiger charge is 2.32. The maximum Gasteiger partial charge on any atom is 0.293 e. The Bertz CT molecular complexity index is 1150. The number of hydrogen-bond donors (Lipinski definition) is 2. The van der Waals surface area contributed by atoms with Crippen LogP contribution in [0.25, 0.3) is 10.9 Å². The second-order valence-corrected chi connectivity index (χ2v) is 8.01. The fraction of sp³-hybridized carbons (Fsp3) is 0.364. The van der Waals surface area contributed by atoms with E-state index in [9.17, 15) is 13.6 Å². The average Bonchev–Trinajstić information content (AvgIpc) is 3.28. The molecule has 2 N–H and O–H groups in total. The number of ether oxygens (including phenoxy) is 3. The molecule has 1 saturated heterocycles. The number of amides is 1. The summed E-state index contributed by atoms with van der Waals surface area (Å²) in [5.74, 6) is -2.72. The van der Waals surface area contributed by atoms with Crippen LogP contribution in [0.5, 0.6) is 0 Å². The molecule has 1 amide bonds. The molecule has 8 nitrogen and oxygen atoms in total. The van der Waals surface area contributed by atoms with Crippen molar-refractivity contribution in [1.82, 2.24) is 15.0 Å². The summed E-state index contributed by atoms with van der Waals surface area (Å²) in [5.41, 5.74) is 3.23. The predicted octanol–water partition coefficient (Wildman–Crippen LogP) is 3.15. The maximum atomic E-state index is 14.2. The number of pyridine rings is 1. The first-order valence-electron chi connectivity index (χ1n) is 10.0. The summed E-state index contributed by atoms with van der Waals surface area (Å²) in [6.07, 6.45) is 3.02. The number of hydrogen-bond acceptors (Lipinski definition) is 6. The lowest BCUT2D eigenvalue weighted by atomic mass is 10.2. The number of carbonyl (C=O) groups excluding carboxylic acids is 1. The third-order valence-electron chi connectivity index (χ3n) is 5.17. The molecule has 32 heavy (non-hydrogen) atoms. The molecule has 1 aliphatic rings. The lowest BCUT2D eigenvalue weighted by Gasteiger charge is -2.17. The van der Waals surface area contributed by atoms with Crippen LogP contribution in [0, 0.1) is 11.6 Å². The van der Waals surface area contributed by atoms with Crippen LogP contribution >= 0.6 is 0 Å². The molecule has 1 atom stereocenters. The normalized spacial score (nSPS) is 17.7. The van der Waals surface area contributed by atoms with Crippen molar-refractivity contribution in [1.29, 1.82) is 0 Å². The quantitative estimate of drug-likeness (QED) is 0.427. The Hall–Kier alpha value is -2.92. The van der Waals surface area contributed by atoms with E-state index in [0.717, 1.165) is 11.6 Å². The first-order valence-corrected chi connectivity index (χ1v) is 10.0. The van der Waals surface area contributed by atoms with E-state index >= 15 is 0 Å². The lowest BCUT2D eigenvalue weighted by Crippen LogP contribution is -2.24. The minimum Gasteiger partial charge on any atom is -0.374 e. The van der Waals surface area contributed by atoms with Gasteiger partial charge < -0.3 is 18.8 Å².